The normalized spacial score (nSPS) is 20.1. The van der Waals surface area contributed by atoms with Crippen molar-refractivity contribution >= 4 is 55.4 Å². The molecule has 2 saturated heterocycles. The number of rotatable bonds is 5. The quantitative estimate of drug-likeness (QED) is 0.540. The number of hydrogen-bond acceptors (Lipinski definition) is 9. The van der Waals surface area contributed by atoms with Crippen molar-refractivity contribution < 1.29 is 13.2 Å². The zero-order chi connectivity index (χ0) is 22.1. The monoisotopic (exact) mass is 494 g/mol. The summed E-state index contributed by atoms with van der Waals surface area (Å²) in [5.41, 5.74) is 1.85. The van der Waals surface area contributed by atoms with Crippen LogP contribution in [0.1, 0.15) is 12.8 Å². The van der Waals surface area contributed by atoms with Crippen molar-refractivity contribution in [3.63, 3.8) is 0 Å². The van der Waals surface area contributed by atoms with Gasteiger partial charge in [0.1, 0.15) is 5.82 Å². The van der Waals surface area contributed by atoms with E-state index in [0.29, 0.717) is 19.8 Å². The maximum absolute atomic E-state index is 12.6. The fourth-order valence-electron chi connectivity index (χ4n) is 4.21. The number of nitrogens with zero attached hydrogens (tertiary/aromatic N) is 5. The molecule has 0 radical (unpaired) electrons. The van der Waals surface area contributed by atoms with Gasteiger partial charge in [-0.05, 0) is 42.6 Å². The van der Waals surface area contributed by atoms with Gasteiger partial charge in [-0.3, -0.25) is 0 Å². The molecule has 2 aliphatic heterocycles. The molecule has 1 atom stereocenters. The lowest BCUT2D eigenvalue weighted by atomic mass is 10.1. The van der Waals surface area contributed by atoms with Gasteiger partial charge in [0.25, 0.3) is 10.0 Å². The van der Waals surface area contributed by atoms with E-state index in [1.165, 1.54) is 6.20 Å². The summed E-state index contributed by atoms with van der Waals surface area (Å²) >= 11 is 7.40. The molecule has 1 aromatic carbocycles. The lowest BCUT2D eigenvalue weighted by Crippen LogP contribution is -2.48. The van der Waals surface area contributed by atoms with Gasteiger partial charge in [0.15, 0.2) is 0 Å². The Hall–Kier alpha value is -2.05. The fourth-order valence-corrected chi connectivity index (χ4v) is 6.49. The molecule has 32 heavy (non-hydrogen) atoms. The first-order chi connectivity index (χ1) is 15.5. The lowest BCUT2D eigenvalue weighted by Gasteiger charge is -2.34. The number of halogens is 1. The summed E-state index contributed by atoms with van der Waals surface area (Å²) in [4.78, 5) is 17.2. The first kappa shape index (κ1) is 21.8. The lowest BCUT2D eigenvalue weighted by molar-refractivity contribution is 0.122. The molecule has 4 heterocycles. The van der Waals surface area contributed by atoms with E-state index >= 15 is 0 Å². The molecule has 2 aliphatic rings. The number of piperidine rings is 1. The Bertz CT molecular complexity index is 1200. The maximum atomic E-state index is 12.6. The van der Waals surface area contributed by atoms with E-state index in [1.807, 2.05) is 12.1 Å². The average molecular weight is 495 g/mol. The molecular weight excluding hydrogens is 472 g/mol. The minimum Gasteiger partial charge on any atom is -0.378 e. The molecule has 2 aromatic heterocycles. The molecule has 1 N–H and O–H groups in total. The Balaban J connectivity index is 1.40. The minimum absolute atomic E-state index is 0.0841. The van der Waals surface area contributed by atoms with Crippen LogP contribution in [0.15, 0.2) is 34.1 Å². The summed E-state index contributed by atoms with van der Waals surface area (Å²) in [7, 11) is -3.63. The topological polar surface area (TPSA) is 101 Å². The summed E-state index contributed by atoms with van der Waals surface area (Å²) in [6.07, 6.45) is 3.08. The molecule has 2 fully saturated rings. The number of aromatic nitrogens is 3. The number of hydrogen-bond donors (Lipinski definition) is 1. The number of fused-ring (bicyclic) bond motifs is 1. The van der Waals surface area contributed by atoms with Gasteiger partial charge < -0.3 is 14.5 Å². The van der Waals surface area contributed by atoms with Gasteiger partial charge in [-0.15, -0.1) is 11.3 Å². The number of ether oxygens (including phenoxy) is 1. The molecule has 3 aromatic rings. The predicted molar refractivity (Wildman–Crippen MR) is 125 cm³/mol. The van der Waals surface area contributed by atoms with Crippen LogP contribution in [0, 0.1) is 0 Å². The molecule has 0 saturated carbocycles. The number of anilines is 2. The number of benzene rings is 1. The van der Waals surface area contributed by atoms with Crippen molar-refractivity contribution in [2.45, 2.75) is 23.2 Å². The van der Waals surface area contributed by atoms with Gasteiger partial charge in [-0.1, -0.05) is 0 Å². The second kappa shape index (κ2) is 9.06. The summed E-state index contributed by atoms with van der Waals surface area (Å²) in [5, 5.41) is 2.73. The van der Waals surface area contributed by atoms with E-state index in [2.05, 4.69) is 35.5 Å². The summed E-state index contributed by atoms with van der Waals surface area (Å²) in [6, 6.07) is 5.88. The van der Waals surface area contributed by atoms with Crippen LogP contribution in [-0.2, 0) is 14.8 Å². The summed E-state index contributed by atoms with van der Waals surface area (Å²) in [5.74, 6) is 0.728. The molecule has 0 bridgehead atoms. The molecule has 5 rings (SSSR count). The van der Waals surface area contributed by atoms with Gasteiger partial charge >= 0.3 is 0 Å². The predicted octanol–water partition coefficient (Wildman–Crippen LogP) is 2.52. The van der Waals surface area contributed by atoms with Crippen LogP contribution in [0.4, 0.5) is 11.5 Å². The highest BCUT2D eigenvalue weighted by molar-refractivity contribution is 7.91. The standard InChI is InChI=1S/C20H23ClN6O3S2/c21-19-23-17-12-15(26-7-9-30-10-8-26)3-4-16(17)18(24-19)27-6-1-2-14(13-27)25-32(28,29)20-22-5-11-31-20/h3-5,11-12,14,25H,1-2,6-10,13H2/t14-/m0/s1. The third-order valence-electron chi connectivity index (χ3n) is 5.69. The van der Waals surface area contributed by atoms with Gasteiger partial charge in [-0.2, -0.15) is 4.98 Å². The smallest absolute Gasteiger partial charge is 0.268 e. The van der Waals surface area contributed by atoms with Gasteiger partial charge in [0.05, 0.1) is 18.7 Å². The van der Waals surface area contributed by atoms with Gasteiger partial charge in [-0.25, -0.2) is 23.1 Å². The van der Waals surface area contributed by atoms with E-state index < -0.39 is 10.0 Å². The van der Waals surface area contributed by atoms with Crippen LogP contribution >= 0.6 is 22.9 Å². The van der Waals surface area contributed by atoms with Crippen molar-refractivity contribution in [1.82, 2.24) is 19.7 Å². The Morgan fingerprint density at radius 3 is 2.78 bits per heavy atom. The highest BCUT2D eigenvalue weighted by atomic mass is 35.5. The second-order valence-corrected chi connectivity index (χ2v) is 10.9. The van der Waals surface area contributed by atoms with Crippen molar-refractivity contribution in [1.29, 1.82) is 0 Å². The fraction of sp³-hybridized carbons (Fsp3) is 0.450. The van der Waals surface area contributed by atoms with Gasteiger partial charge in [0, 0.05) is 54.9 Å². The van der Waals surface area contributed by atoms with E-state index in [0.717, 1.165) is 66.2 Å². The van der Waals surface area contributed by atoms with E-state index in [-0.39, 0.29) is 15.7 Å². The molecule has 0 spiro atoms. The van der Waals surface area contributed by atoms with E-state index in [9.17, 15) is 8.42 Å². The zero-order valence-electron chi connectivity index (χ0n) is 17.3. The molecule has 170 valence electrons. The second-order valence-electron chi connectivity index (χ2n) is 7.82. The summed E-state index contributed by atoms with van der Waals surface area (Å²) in [6.45, 7) is 4.36. The molecular formula is C20H23ClN6O3S2. The third kappa shape index (κ3) is 4.53. The SMILES string of the molecule is O=S(=O)(N[C@H]1CCCN(c2nc(Cl)nc3cc(N4CCOCC4)ccc23)C1)c1nccs1. The first-order valence-corrected chi connectivity index (χ1v) is 13.2. The Morgan fingerprint density at radius 2 is 2.00 bits per heavy atom. The van der Waals surface area contributed by atoms with Crippen LogP contribution in [0.5, 0.6) is 0 Å². The van der Waals surface area contributed by atoms with Crippen molar-refractivity contribution in [2.75, 3.05) is 49.2 Å². The molecule has 12 heteroatoms. The van der Waals surface area contributed by atoms with Crippen molar-refractivity contribution in [3.05, 3.63) is 35.1 Å². The van der Waals surface area contributed by atoms with E-state index in [1.54, 1.807) is 5.38 Å². The first-order valence-electron chi connectivity index (χ1n) is 10.5. The molecule has 9 nitrogen and oxygen atoms in total. The molecule has 0 unspecified atom stereocenters. The Kier molecular flexibility index (Phi) is 6.17. The molecule has 0 aliphatic carbocycles. The van der Waals surface area contributed by atoms with Crippen LogP contribution < -0.4 is 14.5 Å². The highest BCUT2D eigenvalue weighted by Gasteiger charge is 2.28. The maximum Gasteiger partial charge on any atom is 0.268 e. The van der Waals surface area contributed by atoms with Crippen LogP contribution in [-0.4, -0.2) is 68.8 Å². The Morgan fingerprint density at radius 1 is 1.16 bits per heavy atom. The largest absolute Gasteiger partial charge is 0.378 e. The van der Waals surface area contributed by atoms with E-state index in [4.69, 9.17) is 16.3 Å². The van der Waals surface area contributed by atoms with Crippen LogP contribution in [0.25, 0.3) is 10.9 Å². The average Bonchev–Trinajstić information content (AvgIpc) is 3.35. The zero-order valence-corrected chi connectivity index (χ0v) is 19.7. The van der Waals surface area contributed by atoms with Gasteiger partial charge in [0.2, 0.25) is 9.62 Å². The number of sulfonamides is 1. The van der Waals surface area contributed by atoms with Crippen molar-refractivity contribution in [3.8, 4) is 0 Å². The third-order valence-corrected chi connectivity index (χ3v) is 8.58. The number of thiazole rings is 1. The van der Waals surface area contributed by atoms with Crippen LogP contribution in [0.3, 0.4) is 0 Å². The number of nitrogens with one attached hydrogen (secondary N) is 1. The van der Waals surface area contributed by atoms with Crippen LogP contribution in [0.2, 0.25) is 5.28 Å². The number of morpholine rings is 1. The van der Waals surface area contributed by atoms with Crippen molar-refractivity contribution in [2.24, 2.45) is 0 Å². The molecule has 0 amide bonds. The highest BCUT2D eigenvalue weighted by Crippen LogP contribution is 2.31. The summed E-state index contributed by atoms with van der Waals surface area (Å²) < 4.78 is 33.6. The minimum atomic E-state index is -3.63. The Labute approximate surface area is 195 Å².